The molecule has 6 aromatic carbocycles. The van der Waals surface area contributed by atoms with Gasteiger partial charge in [0.05, 0.1) is 0 Å². The average Bonchev–Trinajstić information content (AvgIpc) is 2.96. The molecule has 1 nitrogen and oxygen atoms in total. The van der Waals surface area contributed by atoms with Gasteiger partial charge in [-0.3, -0.25) is 4.98 Å². The quantitative estimate of drug-likeness (QED) is 0.241. The molecule has 0 unspecified atom stereocenters. The molecule has 1 heteroatoms. The van der Waals surface area contributed by atoms with Crippen molar-refractivity contribution < 1.29 is 0 Å². The Labute approximate surface area is 210 Å². The van der Waals surface area contributed by atoms with Crippen molar-refractivity contribution >= 4 is 32.3 Å². The summed E-state index contributed by atoms with van der Waals surface area (Å²) in [6.45, 7) is 0. The molecule has 0 aliphatic rings. The summed E-state index contributed by atoms with van der Waals surface area (Å²) in [6.07, 6.45) is 3.97. The number of benzene rings is 6. The molecule has 0 saturated heterocycles. The second-order valence-corrected chi connectivity index (χ2v) is 9.19. The predicted octanol–water partition coefficient (Wildman–Crippen LogP) is 9.54. The maximum Gasteiger partial charge on any atom is 0.0353 e. The van der Waals surface area contributed by atoms with Crippen LogP contribution in [0.5, 0.6) is 0 Å². The van der Waals surface area contributed by atoms with Gasteiger partial charge < -0.3 is 0 Å². The molecular formula is C35H23N. The summed E-state index contributed by atoms with van der Waals surface area (Å²) in [5, 5.41) is 7.39. The third kappa shape index (κ3) is 3.29. The van der Waals surface area contributed by atoms with Crippen molar-refractivity contribution in [3.8, 4) is 33.4 Å². The lowest BCUT2D eigenvalue weighted by Gasteiger charge is -2.18. The molecule has 7 aromatic rings. The average molecular weight is 458 g/mol. The minimum atomic E-state index is 1.16. The smallest absolute Gasteiger partial charge is 0.0353 e. The van der Waals surface area contributed by atoms with Gasteiger partial charge in [0, 0.05) is 23.3 Å². The van der Waals surface area contributed by atoms with Gasteiger partial charge in [-0.25, -0.2) is 0 Å². The lowest BCUT2D eigenvalue weighted by Crippen LogP contribution is -1.92. The van der Waals surface area contributed by atoms with Gasteiger partial charge in [0.15, 0.2) is 0 Å². The van der Waals surface area contributed by atoms with E-state index >= 15 is 0 Å². The van der Waals surface area contributed by atoms with Crippen molar-refractivity contribution in [1.29, 1.82) is 0 Å². The van der Waals surface area contributed by atoms with Crippen LogP contribution in [0.15, 0.2) is 140 Å². The zero-order valence-electron chi connectivity index (χ0n) is 19.7. The van der Waals surface area contributed by atoms with Crippen LogP contribution in [-0.2, 0) is 0 Å². The summed E-state index contributed by atoms with van der Waals surface area (Å²) in [5.41, 5.74) is 7.38. The van der Waals surface area contributed by atoms with E-state index in [0.29, 0.717) is 0 Å². The molecule has 0 radical (unpaired) electrons. The van der Waals surface area contributed by atoms with Crippen LogP contribution < -0.4 is 0 Å². The van der Waals surface area contributed by atoms with Crippen molar-refractivity contribution in [2.75, 3.05) is 0 Å². The summed E-state index contributed by atoms with van der Waals surface area (Å²) in [4.78, 5) is 4.62. The standard InChI is InChI=1S/C35H23N/c1-2-10-24(11-3-1)25-18-20-26(21-19-25)34-29-14-6-8-16-31(29)35(32-17-9-7-15-30(32)34)33-23-36-22-27-12-4-5-13-28(27)33/h1-23H. The largest absolute Gasteiger partial charge is 0.263 e. The zero-order chi connectivity index (χ0) is 23.9. The lowest BCUT2D eigenvalue weighted by atomic mass is 9.85. The first-order chi connectivity index (χ1) is 17.9. The Hall–Kier alpha value is -4.75. The molecule has 0 spiro atoms. The third-order valence-electron chi connectivity index (χ3n) is 7.15. The van der Waals surface area contributed by atoms with Crippen molar-refractivity contribution in [2.24, 2.45) is 0 Å². The molecule has 0 N–H and O–H groups in total. The number of fused-ring (bicyclic) bond motifs is 3. The summed E-state index contributed by atoms with van der Waals surface area (Å²) in [5.74, 6) is 0. The fourth-order valence-corrected chi connectivity index (χ4v) is 5.51. The number of aromatic nitrogens is 1. The van der Waals surface area contributed by atoms with Crippen LogP contribution in [-0.4, -0.2) is 4.98 Å². The number of rotatable bonds is 3. The SMILES string of the molecule is c1ccc(-c2ccc(-c3c4ccccc4c(-c4cncc5ccccc45)c4ccccc34)cc2)cc1. The fourth-order valence-electron chi connectivity index (χ4n) is 5.51. The van der Waals surface area contributed by atoms with Gasteiger partial charge >= 0.3 is 0 Å². The summed E-state index contributed by atoms with van der Waals surface area (Å²) >= 11 is 0. The first-order valence-corrected chi connectivity index (χ1v) is 12.3. The number of nitrogens with zero attached hydrogens (tertiary/aromatic N) is 1. The van der Waals surface area contributed by atoms with E-state index < -0.39 is 0 Å². The Balaban J connectivity index is 1.54. The van der Waals surface area contributed by atoms with Crippen LogP contribution >= 0.6 is 0 Å². The third-order valence-corrected chi connectivity index (χ3v) is 7.15. The molecule has 0 amide bonds. The van der Waals surface area contributed by atoms with Gasteiger partial charge in [0.25, 0.3) is 0 Å². The Morgan fingerprint density at radius 3 is 1.44 bits per heavy atom. The van der Waals surface area contributed by atoms with Crippen LogP contribution in [0.2, 0.25) is 0 Å². The molecule has 0 bridgehead atoms. The van der Waals surface area contributed by atoms with Gasteiger partial charge in [-0.05, 0) is 54.7 Å². The zero-order valence-corrected chi connectivity index (χ0v) is 19.7. The second kappa shape index (κ2) is 8.48. The predicted molar refractivity (Wildman–Crippen MR) is 153 cm³/mol. The van der Waals surface area contributed by atoms with Crippen molar-refractivity contribution in [1.82, 2.24) is 4.98 Å². The summed E-state index contributed by atoms with van der Waals surface area (Å²) in [6, 6.07) is 45.6. The van der Waals surface area contributed by atoms with Crippen molar-refractivity contribution in [3.63, 3.8) is 0 Å². The summed E-state index contributed by atoms with van der Waals surface area (Å²) in [7, 11) is 0. The molecule has 0 aliphatic carbocycles. The van der Waals surface area contributed by atoms with Crippen LogP contribution in [0.4, 0.5) is 0 Å². The van der Waals surface area contributed by atoms with Gasteiger partial charge in [-0.2, -0.15) is 0 Å². The topological polar surface area (TPSA) is 12.9 Å². The first kappa shape index (κ1) is 20.6. The van der Waals surface area contributed by atoms with E-state index in [1.54, 1.807) is 0 Å². The van der Waals surface area contributed by atoms with Gasteiger partial charge in [0.2, 0.25) is 0 Å². The Kier molecular flexibility index (Phi) is 4.85. The fraction of sp³-hybridized carbons (Fsp3) is 0. The maximum atomic E-state index is 4.62. The molecule has 0 fully saturated rings. The van der Waals surface area contributed by atoms with Gasteiger partial charge in [0.1, 0.15) is 0 Å². The normalized spacial score (nSPS) is 11.3. The summed E-state index contributed by atoms with van der Waals surface area (Å²) < 4.78 is 0. The van der Waals surface area contributed by atoms with Crippen molar-refractivity contribution in [2.45, 2.75) is 0 Å². The minimum Gasteiger partial charge on any atom is -0.263 e. The second-order valence-electron chi connectivity index (χ2n) is 9.19. The molecule has 7 rings (SSSR count). The number of pyridine rings is 1. The van der Waals surface area contributed by atoms with Crippen LogP contribution in [0.1, 0.15) is 0 Å². The van der Waals surface area contributed by atoms with Crippen molar-refractivity contribution in [3.05, 3.63) is 140 Å². The first-order valence-electron chi connectivity index (χ1n) is 12.3. The highest BCUT2D eigenvalue weighted by Gasteiger charge is 2.17. The molecule has 36 heavy (non-hydrogen) atoms. The van der Waals surface area contributed by atoms with E-state index in [-0.39, 0.29) is 0 Å². The minimum absolute atomic E-state index is 1.16. The molecule has 0 atom stereocenters. The molecule has 0 saturated carbocycles. The van der Waals surface area contributed by atoms with Crippen LogP contribution in [0.3, 0.4) is 0 Å². The highest BCUT2D eigenvalue weighted by Crippen LogP contribution is 2.45. The van der Waals surface area contributed by atoms with Gasteiger partial charge in [-0.15, -0.1) is 0 Å². The molecule has 1 heterocycles. The van der Waals surface area contributed by atoms with E-state index in [2.05, 4.69) is 132 Å². The Bertz CT molecular complexity index is 1800. The van der Waals surface area contributed by atoms with E-state index in [9.17, 15) is 0 Å². The Morgan fingerprint density at radius 1 is 0.333 bits per heavy atom. The molecule has 0 aliphatic heterocycles. The van der Waals surface area contributed by atoms with E-state index in [4.69, 9.17) is 0 Å². The Morgan fingerprint density at radius 2 is 0.806 bits per heavy atom. The van der Waals surface area contributed by atoms with Crippen LogP contribution in [0.25, 0.3) is 65.7 Å². The van der Waals surface area contributed by atoms with Gasteiger partial charge in [-0.1, -0.05) is 127 Å². The monoisotopic (exact) mass is 457 g/mol. The molecule has 1 aromatic heterocycles. The van der Waals surface area contributed by atoms with E-state index in [1.165, 1.54) is 60.3 Å². The maximum absolute atomic E-state index is 4.62. The highest BCUT2D eigenvalue weighted by molar-refractivity contribution is 6.23. The lowest BCUT2D eigenvalue weighted by molar-refractivity contribution is 1.37. The van der Waals surface area contributed by atoms with Crippen LogP contribution in [0, 0.1) is 0 Å². The highest BCUT2D eigenvalue weighted by atomic mass is 14.6. The molecular weight excluding hydrogens is 434 g/mol. The van der Waals surface area contributed by atoms with E-state index in [0.717, 1.165) is 5.39 Å². The number of hydrogen-bond acceptors (Lipinski definition) is 1. The van der Waals surface area contributed by atoms with E-state index in [1.807, 2.05) is 12.4 Å². The molecule has 168 valence electrons. The number of hydrogen-bond donors (Lipinski definition) is 0.